The van der Waals surface area contributed by atoms with E-state index < -0.39 is 0 Å². The van der Waals surface area contributed by atoms with E-state index in [2.05, 4.69) is 70.9 Å². The van der Waals surface area contributed by atoms with Crippen LogP contribution in [0.5, 0.6) is 0 Å². The molecule has 1 saturated carbocycles. The largest absolute Gasteiger partial charge is 0.352 e. The van der Waals surface area contributed by atoms with Crippen LogP contribution in [0.1, 0.15) is 34.6 Å². The maximum absolute atomic E-state index is 12.4. The summed E-state index contributed by atoms with van der Waals surface area (Å²) >= 11 is 0. The predicted octanol–water partition coefficient (Wildman–Crippen LogP) is 3.05. The van der Waals surface area contributed by atoms with Gasteiger partial charge in [-0.05, 0) is 36.0 Å². The summed E-state index contributed by atoms with van der Waals surface area (Å²) in [6, 6.07) is 16.7. The lowest BCUT2D eigenvalue weighted by atomic mass is 10.1. The number of nitrogens with one attached hydrogen (secondary N) is 1. The van der Waals surface area contributed by atoms with Gasteiger partial charge >= 0.3 is 0 Å². The Hall–Kier alpha value is -2.95. The minimum Gasteiger partial charge on any atom is -0.352 e. The number of hydrogen-bond donors (Lipinski definition) is 1. The molecule has 132 valence electrons. The maximum Gasteiger partial charge on any atom is 0.224 e. The number of nitrogens with zero attached hydrogens (tertiary/aromatic N) is 3. The third-order valence-electron chi connectivity index (χ3n) is 4.90. The first-order chi connectivity index (χ1) is 12.7. The lowest BCUT2D eigenvalue weighted by Crippen LogP contribution is -2.24. The van der Waals surface area contributed by atoms with Gasteiger partial charge in [-0.25, -0.2) is 9.67 Å². The summed E-state index contributed by atoms with van der Waals surface area (Å²) in [7, 11) is 0. The van der Waals surface area contributed by atoms with Crippen molar-refractivity contribution in [2.75, 3.05) is 0 Å². The Morgan fingerprint density at radius 2 is 2.00 bits per heavy atom. The third kappa shape index (κ3) is 3.82. The quantitative estimate of drug-likeness (QED) is 0.746. The van der Waals surface area contributed by atoms with Crippen molar-refractivity contribution in [2.45, 2.75) is 32.4 Å². The second-order valence-electron chi connectivity index (χ2n) is 6.99. The Labute approximate surface area is 153 Å². The smallest absolute Gasteiger partial charge is 0.224 e. The highest BCUT2D eigenvalue weighted by atomic mass is 16.2. The number of aryl methyl sites for hydroxylation is 1. The standard InChI is InChI=1S/C21H22N4O/c1-15-3-2-4-18(9-15)19-10-20(19)21(26)23-11-16-5-7-17(8-6-16)12-25-14-22-13-24-25/h2-9,13-14,19-20H,10-12H2,1H3,(H,23,26)/t19-,20-/m1/s1. The molecule has 5 heteroatoms. The van der Waals surface area contributed by atoms with E-state index in [9.17, 15) is 4.79 Å². The van der Waals surface area contributed by atoms with Crippen molar-refractivity contribution in [2.24, 2.45) is 5.92 Å². The van der Waals surface area contributed by atoms with Crippen molar-refractivity contribution >= 4 is 5.91 Å². The van der Waals surface area contributed by atoms with E-state index in [1.807, 2.05) is 0 Å². The van der Waals surface area contributed by atoms with Crippen LogP contribution in [0.15, 0.2) is 61.2 Å². The van der Waals surface area contributed by atoms with Crippen molar-refractivity contribution in [3.8, 4) is 0 Å². The van der Waals surface area contributed by atoms with Crippen LogP contribution in [0.25, 0.3) is 0 Å². The summed E-state index contributed by atoms with van der Waals surface area (Å²) in [5, 5.41) is 7.18. The lowest BCUT2D eigenvalue weighted by molar-refractivity contribution is -0.122. The van der Waals surface area contributed by atoms with Gasteiger partial charge in [0.1, 0.15) is 12.7 Å². The SMILES string of the molecule is Cc1cccc([C@H]2C[C@H]2C(=O)NCc2ccc(Cn3cncn3)cc2)c1. The number of hydrogen-bond acceptors (Lipinski definition) is 3. The summed E-state index contributed by atoms with van der Waals surface area (Å²) in [6.07, 6.45) is 4.19. The van der Waals surface area contributed by atoms with E-state index >= 15 is 0 Å². The molecule has 0 bridgehead atoms. The van der Waals surface area contributed by atoms with Gasteiger partial charge in [0, 0.05) is 12.5 Å². The summed E-state index contributed by atoms with van der Waals surface area (Å²) in [5.41, 5.74) is 4.79. The van der Waals surface area contributed by atoms with Gasteiger partial charge < -0.3 is 5.32 Å². The number of carbonyl (C=O) groups is 1. The van der Waals surface area contributed by atoms with E-state index in [1.165, 1.54) is 17.5 Å². The fraction of sp³-hybridized carbons (Fsp3) is 0.286. The molecule has 3 aromatic rings. The molecule has 1 N–H and O–H groups in total. The highest BCUT2D eigenvalue weighted by molar-refractivity contribution is 5.82. The summed E-state index contributed by atoms with van der Waals surface area (Å²) < 4.78 is 1.79. The normalized spacial score (nSPS) is 18.5. The molecule has 1 aliphatic carbocycles. The summed E-state index contributed by atoms with van der Waals surface area (Å²) in [4.78, 5) is 16.3. The molecule has 1 heterocycles. The van der Waals surface area contributed by atoms with Crippen molar-refractivity contribution in [3.05, 3.63) is 83.4 Å². The Balaban J connectivity index is 1.28. The fourth-order valence-corrected chi connectivity index (χ4v) is 3.34. The minimum absolute atomic E-state index is 0.114. The highest BCUT2D eigenvalue weighted by Gasteiger charge is 2.43. The van der Waals surface area contributed by atoms with Crippen molar-refractivity contribution in [1.29, 1.82) is 0 Å². The number of carbonyl (C=O) groups excluding carboxylic acids is 1. The molecule has 1 aliphatic rings. The van der Waals surface area contributed by atoms with Crippen LogP contribution >= 0.6 is 0 Å². The van der Waals surface area contributed by atoms with Gasteiger partial charge in [0.2, 0.25) is 5.91 Å². The molecule has 26 heavy (non-hydrogen) atoms. The van der Waals surface area contributed by atoms with E-state index in [0.29, 0.717) is 19.0 Å². The van der Waals surface area contributed by atoms with E-state index in [0.717, 1.165) is 17.5 Å². The molecule has 0 radical (unpaired) electrons. The number of aromatic nitrogens is 3. The summed E-state index contributed by atoms with van der Waals surface area (Å²) in [6.45, 7) is 3.36. The zero-order chi connectivity index (χ0) is 17.9. The zero-order valence-electron chi connectivity index (χ0n) is 14.8. The first-order valence-corrected chi connectivity index (χ1v) is 8.93. The van der Waals surface area contributed by atoms with Gasteiger partial charge in [0.05, 0.1) is 6.54 Å². The molecule has 0 saturated heterocycles. The van der Waals surface area contributed by atoms with Crippen molar-refractivity contribution in [1.82, 2.24) is 20.1 Å². The van der Waals surface area contributed by atoms with E-state index in [-0.39, 0.29) is 11.8 Å². The molecule has 0 aliphatic heterocycles. The van der Waals surface area contributed by atoms with Gasteiger partial charge in [-0.3, -0.25) is 4.79 Å². The minimum atomic E-state index is 0.114. The van der Waals surface area contributed by atoms with Crippen LogP contribution in [0.3, 0.4) is 0 Å². The number of benzene rings is 2. The monoisotopic (exact) mass is 346 g/mol. The third-order valence-corrected chi connectivity index (χ3v) is 4.90. The van der Waals surface area contributed by atoms with E-state index in [4.69, 9.17) is 0 Å². The van der Waals surface area contributed by atoms with Gasteiger partial charge in [-0.2, -0.15) is 5.10 Å². The topological polar surface area (TPSA) is 59.8 Å². The molecule has 0 spiro atoms. The van der Waals surface area contributed by atoms with Crippen LogP contribution in [-0.2, 0) is 17.9 Å². The van der Waals surface area contributed by atoms with Crippen LogP contribution in [0.4, 0.5) is 0 Å². The molecule has 2 aromatic carbocycles. The fourth-order valence-electron chi connectivity index (χ4n) is 3.34. The molecule has 1 fully saturated rings. The number of rotatable bonds is 6. The van der Waals surface area contributed by atoms with Crippen molar-refractivity contribution in [3.63, 3.8) is 0 Å². The van der Waals surface area contributed by atoms with E-state index in [1.54, 1.807) is 11.0 Å². The highest BCUT2D eigenvalue weighted by Crippen LogP contribution is 2.47. The van der Waals surface area contributed by atoms with Crippen LogP contribution in [0.2, 0.25) is 0 Å². The Kier molecular flexibility index (Phi) is 4.52. The molecule has 5 nitrogen and oxygen atoms in total. The second kappa shape index (κ2) is 7.12. The molecule has 2 atom stereocenters. The van der Waals surface area contributed by atoms with Crippen LogP contribution < -0.4 is 5.32 Å². The molecule has 1 amide bonds. The molecular formula is C21H22N4O. The molecular weight excluding hydrogens is 324 g/mol. The van der Waals surface area contributed by atoms with Crippen molar-refractivity contribution < 1.29 is 4.79 Å². The Morgan fingerprint density at radius 1 is 1.19 bits per heavy atom. The Bertz CT molecular complexity index is 887. The second-order valence-corrected chi connectivity index (χ2v) is 6.99. The van der Waals surface area contributed by atoms with Gasteiger partial charge in [0.15, 0.2) is 0 Å². The first-order valence-electron chi connectivity index (χ1n) is 8.93. The van der Waals surface area contributed by atoms with Gasteiger partial charge in [0.25, 0.3) is 0 Å². The first kappa shape index (κ1) is 16.5. The summed E-state index contributed by atoms with van der Waals surface area (Å²) in [5.74, 6) is 0.645. The molecule has 1 aromatic heterocycles. The predicted molar refractivity (Wildman–Crippen MR) is 99.4 cm³/mol. The van der Waals surface area contributed by atoms with Gasteiger partial charge in [-0.15, -0.1) is 0 Å². The Morgan fingerprint density at radius 3 is 2.73 bits per heavy atom. The lowest BCUT2D eigenvalue weighted by Gasteiger charge is -2.07. The average molecular weight is 346 g/mol. The van der Waals surface area contributed by atoms with Gasteiger partial charge in [-0.1, -0.05) is 54.1 Å². The van der Waals surface area contributed by atoms with Crippen LogP contribution in [0, 0.1) is 12.8 Å². The number of amides is 1. The average Bonchev–Trinajstić information content (AvgIpc) is 3.30. The van der Waals surface area contributed by atoms with Crippen LogP contribution in [-0.4, -0.2) is 20.7 Å². The molecule has 4 rings (SSSR count). The molecule has 0 unspecified atom stereocenters. The zero-order valence-corrected chi connectivity index (χ0v) is 14.8. The maximum atomic E-state index is 12.4.